The molecule has 27 heavy (non-hydrogen) atoms. The van der Waals surface area contributed by atoms with Crippen LogP contribution in [0.25, 0.3) is 0 Å². The zero-order chi connectivity index (χ0) is 19.3. The van der Waals surface area contributed by atoms with Crippen LogP contribution < -0.4 is 4.72 Å². The zero-order valence-corrected chi connectivity index (χ0v) is 16.8. The largest absolute Gasteiger partial charge is 0.305 e. The van der Waals surface area contributed by atoms with Crippen LogP contribution in [-0.2, 0) is 16.6 Å². The van der Waals surface area contributed by atoms with Gasteiger partial charge in [0.2, 0.25) is 0 Å². The highest BCUT2D eigenvalue weighted by molar-refractivity contribution is 7.87. The average Bonchev–Trinajstić information content (AvgIpc) is 3.09. The van der Waals surface area contributed by atoms with Gasteiger partial charge in [0.15, 0.2) is 11.3 Å². The molecule has 1 saturated heterocycles. The minimum absolute atomic E-state index is 0.235. The molecule has 0 unspecified atom stereocenters. The highest BCUT2D eigenvalue weighted by Crippen LogP contribution is 2.13. The van der Waals surface area contributed by atoms with Crippen molar-refractivity contribution in [2.24, 2.45) is 0 Å². The van der Waals surface area contributed by atoms with Crippen molar-refractivity contribution in [2.45, 2.75) is 18.9 Å². The van der Waals surface area contributed by atoms with Crippen LogP contribution in [0.1, 0.15) is 22.5 Å². The van der Waals surface area contributed by atoms with Crippen molar-refractivity contribution >= 4 is 27.3 Å². The molecule has 0 bridgehead atoms. The second-order valence-corrected chi connectivity index (χ2v) is 8.97. The predicted molar refractivity (Wildman–Crippen MR) is 105 cm³/mol. The highest BCUT2D eigenvalue weighted by atomic mass is 32.2. The van der Waals surface area contributed by atoms with Gasteiger partial charge in [-0.1, -0.05) is 30.3 Å². The first kappa shape index (κ1) is 20.1. The lowest BCUT2D eigenvalue weighted by Gasteiger charge is -2.24. The molecule has 7 nitrogen and oxygen atoms in total. The maximum absolute atomic E-state index is 12.9. The summed E-state index contributed by atoms with van der Waals surface area (Å²) in [5, 5.41) is 1.59. The van der Waals surface area contributed by atoms with Crippen LogP contribution in [0.3, 0.4) is 0 Å². The van der Waals surface area contributed by atoms with Crippen molar-refractivity contribution < 1.29 is 13.2 Å². The number of likely N-dealkylation sites (N-methyl/N-ethyl adjacent to an activating group) is 1. The number of benzene rings is 1. The molecule has 1 radical (unpaired) electrons. The molecule has 2 aromatic rings. The van der Waals surface area contributed by atoms with Crippen LogP contribution in [0.2, 0.25) is 0 Å². The number of hydrogen-bond acceptors (Lipinski definition) is 6. The third-order valence-corrected chi connectivity index (χ3v) is 6.72. The van der Waals surface area contributed by atoms with Crippen LogP contribution in [0.4, 0.5) is 0 Å². The van der Waals surface area contributed by atoms with E-state index in [0.29, 0.717) is 19.6 Å². The van der Waals surface area contributed by atoms with Crippen LogP contribution in [0, 0.1) is 5.51 Å². The Bertz CT molecular complexity index is 841. The smallest absolute Gasteiger partial charge is 0.280 e. The molecule has 1 atom stereocenters. The van der Waals surface area contributed by atoms with Gasteiger partial charge in [-0.3, -0.25) is 4.79 Å². The lowest BCUT2D eigenvalue weighted by molar-refractivity contribution is 0.0948. The van der Waals surface area contributed by atoms with Gasteiger partial charge in [-0.25, -0.2) is 4.98 Å². The van der Waals surface area contributed by atoms with Crippen molar-refractivity contribution in [1.82, 2.24) is 18.9 Å². The van der Waals surface area contributed by atoms with Gasteiger partial charge in [-0.15, -0.1) is 11.3 Å². The summed E-state index contributed by atoms with van der Waals surface area (Å²) in [5.41, 5.74) is 3.76. The molecule has 0 aliphatic carbocycles. The second-order valence-electron chi connectivity index (χ2n) is 6.61. The Labute approximate surface area is 164 Å². The van der Waals surface area contributed by atoms with Crippen LogP contribution in [0.15, 0.2) is 35.7 Å². The Morgan fingerprint density at radius 2 is 2.04 bits per heavy atom. The number of thiazole rings is 1. The Kier molecular flexibility index (Phi) is 6.72. The number of carbonyl (C=O) groups excluding carboxylic acids is 1. The average molecular weight is 408 g/mol. The van der Waals surface area contributed by atoms with Gasteiger partial charge in [0, 0.05) is 25.0 Å². The molecule has 145 valence electrons. The monoisotopic (exact) mass is 407 g/mol. The quantitative estimate of drug-likeness (QED) is 0.698. The summed E-state index contributed by atoms with van der Waals surface area (Å²) < 4.78 is 29.9. The fourth-order valence-electron chi connectivity index (χ4n) is 3.03. The molecule has 9 heteroatoms. The minimum atomic E-state index is -3.78. The first-order chi connectivity index (χ1) is 13.0. The zero-order valence-electron chi connectivity index (χ0n) is 15.2. The highest BCUT2D eigenvalue weighted by Gasteiger charge is 2.31. The summed E-state index contributed by atoms with van der Waals surface area (Å²) in [4.78, 5) is 18.9. The van der Waals surface area contributed by atoms with Crippen molar-refractivity contribution in [3.63, 3.8) is 0 Å². The third-order valence-electron chi connectivity index (χ3n) is 4.55. The summed E-state index contributed by atoms with van der Waals surface area (Å²) in [5.74, 6) is -0.341. The number of hydrogen-bond donors (Lipinski definition) is 1. The van der Waals surface area contributed by atoms with E-state index in [1.54, 1.807) is 5.38 Å². The Hall–Kier alpha value is -1.65. The second kappa shape index (κ2) is 9.03. The number of nitrogens with one attached hydrogen (secondary N) is 1. The fraction of sp³-hybridized carbons (Fsp3) is 0.444. The van der Waals surface area contributed by atoms with Gasteiger partial charge in [-0.05, 0) is 32.0 Å². The van der Waals surface area contributed by atoms with E-state index in [9.17, 15) is 13.2 Å². The number of Topliss-reactive ketones (excluding diaryl/α,β-unsaturated/α-hetero) is 1. The van der Waals surface area contributed by atoms with Gasteiger partial charge < -0.3 is 4.90 Å². The molecule has 1 aliphatic heterocycles. The van der Waals surface area contributed by atoms with Gasteiger partial charge in [0.1, 0.15) is 5.69 Å². The molecule has 0 amide bonds. The number of nitrogens with zero attached hydrogens (tertiary/aromatic N) is 3. The normalized spacial score (nSPS) is 18.1. The lowest BCUT2D eigenvalue weighted by atomic mass is 10.0. The molecular formula is C18H23N4O3S2. The molecule has 3 rings (SSSR count). The molecule has 1 aromatic heterocycles. The Balaban J connectivity index is 1.80. The maximum Gasteiger partial charge on any atom is 0.280 e. The van der Waals surface area contributed by atoms with E-state index in [1.165, 1.54) is 15.6 Å². The Morgan fingerprint density at radius 1 is 1.26 bits per heavy atom. The summed E-state index contributed by atoms with van der Waals surface area (Å²) in [6, 6.07) is 8.46. The van der Waals surface area contributed by atoms with Crippen LogP contribution in [-0.4, -0.2) is 67.7 Å². The molecule has 1 N–H and O–H groups in total. The number of rotatable bonds is 7. The number of ketones is 1. The van der Waals surface area contributed by atoms with Crippen LogP contribution in [0.5, 0.6) is 0 Å². The van der Waals surface area contributed by atoms with E-state index < -0.39 is 16.3 Å². The molecule has 0 spiro atoms. The topological polar surface area (TPSA) is 82.6 Å². The van der Waals surface area contributed by atoms with Gasteiger partial charge in [-0.2, -0.15) is 17.4 Å². The van der Waals surface area contributed by atoms with E-state index in [4.69, 9.17) is 0 Å². The fourth-order valence-corrected chi connectivity index (χ4v) is 4.91. The van der Waals surface area contributed by atoms with E-state index in [1.807, 2.05) is 37.4 Å². The lowest BCUT2D eigenvalue weighted by Crippen LogP contribution is -2.50. The van der Waals surface area contributed by atoms with Gasteiger partial charge >= 0.3 is 0 Å². The standard InChI is InChI=1S/C18H23N4O3S2/c1-21-8-5-9-22(11-10-21)27(24,25)20-16(12-15-6-3-2-4-7-15)18(23)17-13-26-14-19-17/h2-4,6-7,13,16,20H,5,8-12H2,1H3/t16-/m0/s1. The predicted octanol–water partition coefficient (Wildman–Crippen LogP) is 1.21. The van der Waals surface area contributed by atoms with Gasteiger partial charge in [0.05, 0.1) is 6.04 Å². The Morgan fingerprint density at radius 3 is 2.74 bits per heavy atom. The maximum atomic E-state index is 12.9. The summed E-state index contributed by atoms with van der Waals surface area (Å²) in [7, 11) is -1.81. The van der Waals surface area contributed by atoms with Crippen LogP contribution >= 0.6 is 11.3 Å². The first-order valence-electron chi connectivity index (χ1n) is 8.81. The number of aromatic nitrogens is 1. The first-order valence-corrected chi connectivity index (χ1v) is 11.1. The third kappa shape index (κ3) is 5.43. The van der Waals surface area contributed by atoms with E-state index in [2.05, 4.69) is 20.1 Å². The summed E-state index contributed by atoms with van der Waals surface area (Å²) >= 11 is 1.19. The van der Waals surface area contributed by atoms with Crippen molar-refractivity contribution in [3.8, 4) is 0 Å². The van der Waals surface area contributed by atoms with Crippen molar-refractivity contribution in [1.29, 1.82) is 0 Å². The molecule has 1 aliphatic rings. The van der Waals surface area contributed by atoms with E-state index >= 15 is 0 Å². The molecule has 0 saturated carbocycles. The molecule has 1 fully saturated rings. The number of carbonyl (C=O) groups is 1. The summed E-state index contributed by atoms with van der Waals surface area (Å²) in [6.45, 7) is 2.37. The van der Waals surface area contributed by atoms with E-state index in [-0.39, 0.29) is 17.9 Å². The summed E-state index contributed by atoms with van der Waals surface area (Å²) in [6.07, 6.45) is 1.03. The SMILES string of the molecule is CN1CCCN(S(=O)(=O)N[C@@H](Cc2ccccc2)C(=O)c2cs[c]n2)CC1. The molecular weight excluding hydrogens is 384 g/mol. The minimum Gasteiger partial charge on any atom is -0.305 e. The van der Waals surface area contributed by atoms with Gasteiger partial charge in [0.25, 0.3) is 10.2 Å². The molecule has 2 heterocycles. The van der Waals surface area contributed by atoms with E-state index in [0.717, 1.165) is 18.5 Å². The van der Waals surface area contributed by atoms with Crippen molar-refractivity contribution in [2.75, 3.05) is 33.2 Å². The molecule has 1 aromatic carbocycles. The van der Waals surface area contributed by atoms with Crippen molar-refractivity contribution in [3.05, 3.63) is 52.5 Å².